The number of halogens is 1. The van der Waals surface area contributed by atoms with E-state index in [1.165, 1.54) is 0 Å². The SMILES string of the molecule is CCC(C)N(CC)c1c(F)cccc1C(C)NC. The van der Waals surface area contributed by atoms with Crippen LogP contribution < -0.4 is 10.2 Å². The van der Waals surface area contributed by atoms with Crippen molar-refractivity contribution in [3.8, 4) is 0 Å². The van der Waals surface area contributed by atoms with Gasteiger partial charge in [0, 0.05) is 18.6 Å². The van der Waals surface area contributed by atoms with Crippen molar-refractivity contribution in [2.75, 3.05) is 18.5 Å². The predicted molar refractivity (Wildman–Crippen MR) is 76.6 cm³/mol. The summed E-state index contributed by atoms with van der Waals surface area (Å²) in [7, 11) is 1.90. The normalized spacial score (nSPS) is 14.3. The molecule has 0 fully saturated rings. The molecule has 0 spiro atoms. The lowest BCUT2D eigenvalue weighted by Gasteiger charge is -2.33. The van der Waals surface area contributed by atoms with Gasteiger partial charge in [0.25, 0.3) is 0 Å². The third-order valence-corrected chi connectivity index (χ3v) is 3.67. The highest BCUT2D eigenvalue weighted by atomic mass is 19.1. The largest absolute Gasteiger partial charge is 0.366 e. The first-order valence-corrected chi connectivity index (χ1v) is 6.79. The Bertz CT molecular complexity index is 379. The van der Waals surface area contributed by atoms with Crippen molar-refractivity contribution >= 4 is 5.69 Å². The van der Waals surface area contributed by atoms with Crippen LogP contribution in [0.4, 0.5) is 10.1 Å². The van der Waals surface area contributed by atoms with Gasteiger partial charge in [-0.05, 0) is 45.9 Å². The Morgan fingerprint density at radius 3 is 2.44 bits per heavy atom. The first kappa shape index (κ1) is 15.0. The summed E-state index contributed by atoms with van der Waals surface area (Å²) in [4.78, 5) is 2.15. The van der Waals surface area contributed by atoms with Crippen molar-refractivity contribution < 1.29 is 4.39 Å². The van der Waals surface area contributed by atoms with Gasteiger partial charge >= 0.3 is 0 Å². The van der Waals surface area contributed by atoms with Gasteiger partial charge in [0.15, 0.2) is 0 Å². The molecule has 3 heteroatoms. The van der Waals surface area contributed by atoms with E-state index in [4.69, 9.17) is 0 Å². The van der Waals surface area contributed by atoms with Crippen molar-refractivity contribution in [1.29, 1.82) is 0 Å². The fourth-order valence-corrected chi connectivity index (χ4v) is 2.25. The van der Waals surface area contributed by atoms with Gasteiger partial charge in [-0.2, -0.15) is 0 Å². The Hall–Kier alpha value is -1.09. The molecule has 102 valence electrons. The minimum absolute atomic E-state index is 0.128. The van der Waals surface area contributed by atoms with Crippen LogP contribution in [-0.4, -0.2) is 19.6 Å². The first-order valence-electron chi connectivity index (χ1n) is 6.79. The molecule has 1 rings (SSSR count). The van der Waals surface area contributed by atoms with Crippen molar-refractivity contribution in [2.24, 2.45) is 0 Å². The Morgan fingerprint density at radius 1 is 1.28 bits per heavy atom. The molecular weight excluding hydrogens is 227 g/mol. The lowest BCUT2D eigenvalue weighted by molar-refractivity contribution is 0.567. The minimum atomic E-state index is -0.128. The molecule has 0 heterocycles. The molecule has 0 radical (unpaired) electrons. The van der Waals surface area contributed by atoms with E-state index in [9.17, 15) is 4.39 Å². The molecule has 2 nitrogen and oxygen atoms in total. The van der Waals surface area contributed by atoms with Gasteiger partial charge in [-0.1, -0.05) is 19.1 Å². The molecule has 1 N–H and O–H groups in total. The van der Waals surface area contributed by atoms with Crippen LogP contribution in [0.15, 0.2) is 18.2 Å². The second-order valence-corrected chi connectivity index (χ2v) is 4.73. The van der Waals surface area contributed by atoms with E-state index in [1.807, 2.05) is 13.1 Å². The van der Waals surface area contributed by atoms with Crippen LogP contribution in [0.2, 0.25) is 0 Å². The van der Waals surface area contributed by atoms with Crippen LogP contribution in [0.25, 0.3) is 0 Å². The maximum absolute atomic E-state index is 14.2. The highest BCUT2D eigenvalue weighted by Crippen LogP contribution is 2.31. The zero-order valence-electron chi connectivity index (χ0n) is 12.1. The second-order valence-electron chi connectivity index (χ2n) is 4.73. The number of nitrogens with one attached hydrogen (secondary N) is 1. The zero-order valence-corrected chi connectivity index (χ0v) is 12.1. The van der Waals surface area contributed by atoms with Gasteiger partial charge < -0.3 is 10.2 Å². The van der Waals surface area contributed by atoms with Gasteiger partial charge in [0.05, 0.1) is 5.69 Å². The number of hydrogen-bond acceptors (Lipinski definition) is 2. The zero-order chi connectivity index (χ0) is 13.7. The monoisotopic (exact) mass is 252 g/mol. The summed E-state index contributed by atoms with van der Waals surface area (Å²) in [6.45, 7) is 9.23. The summed E-state index contributed by atoms with van der Waals surface area (Å²) in [5.74, 6) is -0.128. The number of para-hydroxylation sites is 1. The number of benzene rings is 1. The van der Waals surface area contributed by atoms with E-state index >= 15 is 0 Å². The summed E-state index contributed by atoms with van der Waals surface area (Å²) in [5.41, 5.74) is 1.77. The molecule has 0 aliphatic carbocycles. The summed E-state index contributed by atoms with van der Waals surface area (Å²) in [6.07, 6.45) is 1.01. The standard InChI is InChI=1S/C15H25FN2/c1-6-11(3)18(7-2)15-13(12(4)17-5)9-8-10-14(15)16/h8-12,17H,6-7H2,1-5H3. The molecule has 0 saturated carbocycles. The molecule has 0 bridgehead atoms. The number of rotatable bonds is 6. The summed E-state index contributed by atoms with van der Waals surface area (Å²) in [6, 6.07) is 5.83. The fourth-order valence-electron chi connectivity index (χ4n) is 2.25. The van der Waals surface area contributed by atoms with E-state index in [0.717, 1.165) is 24.2 Å². The summed E-state index contributed by atoms with van der Waals surface area (Å²) in [5, 5.41) is 3.19. The quantitative estimate of drug-likeness (QED) is 0.830. The maximum atomic E-state index is 14.2. The van der Waals surface area contributed by atoms with E-state index in [2.05, 4.69) is 37.9 Å². The predicted octanol–water partition coefficient (Wildman–Crippen LogP) is 3.73. The Balaban J connectivity index is 3.27. The Kier molecular flexibility index (Phi) is 5.60. The van der Waals surface area contributed by atoms with Gasteiger partial charge in [-0.3, -0.25) is 0 Å². The fraction of sp³-hybridized carbons (Fsp3) is 0.600. The van der Waals surface area contributed by atoms with Crippen molar-refractivity contribution in [3.05, 3.63) is 29.6 Å². The van der Waals surface area contributed by atoms with E-state index in [-0.39, 0.29) is 11.9 Å². The number of hydrogen-bond donors (Lipinski definition) is 1. The summed E-state index contributed by atoms with van der Waals surface area (Å²) >= 11 is 0. The lowest BCUT2D eigenvalue weighted by atomic mass is 10.0. The summed E-state index contributed by atoms with van der Waals surface area (Å²) < 4.78 is 14.2. The molecule has 0 aromatic heterocycles. The maximum Gasteiger partial charge on any atom is 0.146 e. The van der Waals surface area contributed by atoms with Crippen molar-refractivity contribution in [3.63, 3.8) is 0 Å². The van der Waals surface area contributed by atoms with Crippen LogP contribution in [0.5, 0.6) is 0 Å². The van der Waals surface area contributed by atoms with E-state index in [0.29, 0.717) is 6.04 Å². The Morgan fingerprint density at radius 2 is 1.94 bits per heavy atom. The highest BCUT2D eigenvalue weighted by Gasteiger charge is 2.20. The molecule has 0 amide bonds. The average Bonchev–Trinajstić information content (AvgIpc) is 2.39. The second kappa shape index (κ2) is 6.74. The molecule has 0 aliphatic heterocycles. The van der Waals surface area contributed by atoms with Gasteiger partial charge in [0.2, 0.25) is 0 Å². The minimum Gasteiger partial charge on any atom is -0.366 e. The van der Waals surface area contributed by atoms with E-state index < -0.39 is 0 Å². The van der Waals surface area contributed by atoms with Crippen LogP contribution in [0.1, 0.15) is 45.7 Å². The van der Waals surface area contributed by atoms with Crippen LogP contribution in [0.3, 0.4) is 0 Å². The molecule has 0 saturated heterocycles. The van der Waals surface area contributed by atoms with Crippen LogP contribution in [-0.2, 0) is 0 Å². The van der Waals surface area contributed by atoms with Crippen molar-refractivity contribution in [2.45, 2.75) is 46.2 Å². The molecule has 2 atom stereocenters. The average molecular weight is 252 g/mol. The van der Waals surface area contributed by atoms with Gasteiger partial charge in [-0.25, -0.2) is 4.39 Å². The molecule has 1 aromatic rings. The Labute approximate surface area is 110 Å². The molecule has 18 heavy (non-hydrogen) atoms. The van der Waals surface area contributed by atoms with Crippen molar-refractivity contribution in [1.82, 2.24) is 5.32 Å². The molecular formula is C15H25FN2. The smallest absolute Gasteiger partial charge is 0.146 e. The number of nitrogens with zero attached hydrogens (tertiary/aromatic N) is 1. The van der Waals surface area contributed by atoms with Crippen LogP contribution >= 0.6 is 0 Å². The van der Waals surface area contributed by atoms with Gasteiger partial charge in [0.1, 0.15) is 5.82 Å². The van der Waals surface area contributed by atoms with Gasteiger partial charge in [-0.15, -0.1) is 0 Å². The highest BCUT2D eigenvalue weighted by molar-refractivity contribution is 5.56. The topological polar surface area (TPSA) is 15.3 Å². The molecule has 0 aliphatic rings. The number of anilines is 1. The third-order valence-electron chi connectivity index (χ3n) is 3.67. The molecule has 2 unspecified atom stereocenters. The van der Waals surface area contributed by atoms with Crippen LogP contribution in [0, 0.1) is 5.82 Å². The van der Waals surface area contributed by atoms with E-state index in [1.54, 1.807) is 12.1 Å². The molecule has 1 aromatic carbocycles. The first-order chi connectivity index (χ1) is 8.56. The lowest BCUT2D eigenvalue weighted by Crippen LogP contribution is -2.34. The third kappa shape index (κ3) is 3.02.